The van der Waals surface area contributed by atoms with Gasteiger partial charge in [-0.25, -0.2) is 0 Å². The molecule has 0 saturated carbocycles. The van der Waals surface area contributed by atoms with Gasteiger partial charge in [0, 0.05) is 16.1 Å². The Kier molecular flexibility index (Phi) is 5.89. The van der Waals surface area contributed by atoms with Crippen LogP contribution >= 0.6 is 23.2 Å². The van der Waals surface area contributed by atoms with E-state index in [0.29, 0.717) is 6.04 Å². The van der Waals surface area contributed by atoms with E-state index in [0.717, 1.165) is 34.9 Å². The maximum atomic E-state index is 6.13. The van der Waals surface area contributed by atoms with E-state index in [-0.39, 0.29) is 0 Å². The van der Waals surface area contributed by atoms with Gasteiger partial charge in [-0.3, -0.25) is 0 Å². The molecule has 3 heteroatoms. The number of likely N-dealkylation sites (N-methyl/N-ethyl adjacent to an activating group) is 1. The molecule has 0 amide bonds. The van der Waals surface area contributed by atoms with Crippen LogP contribution in [0.4, 0.5) is 0 Å². The van der Waals surface area contributed by atoms with E-state index < -0.39 is 0 Å². The Labute approximate surface area is 107 Å². The van der Waals surface area contributed by atoms with E-state index in [2.05, 4.69) is 11.9 Å². The first-order chi connectivity index (χ1) is 7.69. The summed E-state index contributed by atoms with van der Waals surface area (Å²) in [6, 6.07) is 6.01. The number of nitrogens with one attached hydrogen (secondary N) is 1. The standard InChI is InChI=1S/C13H17Cl2N/c1-3-4-6-10(16-2)9-11-12(14)7-5-8-13(11)15/h3,5,7-8,10,16H,1,4,6,9H2,2H3. The Hall–Kier alpha value is -0.500. The van der Waals surface area contributed by atoms with Crippen LogP contribution in [0, 0.1) is 0 Å². The summed E-state index contributed by atoms with van der Waals surface area (Å²) in [6.45, 7) is 3.73. The van der Waals surface area contributed by atoms with Crippen LogP contribution in [0.2, 0.25) is 10.0 Å². The molecule has 1 unspecified atom stereocenters. The zero-order valence-corrected chi connectivity index (χ0v) is 11.0. The average molecular weight is 258 g/mol. The SMILES string of the molecule is C=CCCC(Cc1c(Cl)cccc1Cl)NC. The number of rotatable bonds is 6. The molecule has 16 heavy (non-hydrogen) atoms. The molecule has 0 spiro atoms. The summed E-state index contributed by atoms with van der Waals surface area (Å²) in [4.78, 5) is 0. The van der Waals surface area contributed by atoms with Crippen molar-refractivity contribution in [2.45, 2.75) is 25.3 Å². The second-order valence-electron chi connectivity index (χ2n) is 3.76. The van der Waals surface area contributed by atoms with Crippen molar-refractivity contribution in [3.63, 3.8) is 0 Å². The van der Waals surface area contributed by atoms with Gasteiger partial charge in [-0.15, -0.1) is 6.58 Å². The Balaban J connectivity index is 2.73. The number of benzene rings is 1. The normalized spacial score (nSPS) is 12.4. The van der Waals surface area contributed by atoms with Gasteiger partial charge in [0.1, 0.15) is 0 Å². The van der Waals surface area contributed by atoms with E-state index in [9.17, 15) is 0 Å². The molecular weight excluding hydrogens is 241 g/mol. The van der Waals surface area contributed by atoms with Gasteiger partial charge in [0.25, 0.3) is 0 Å². The fraction of sp³-hybridized carbons (Fsp3) is 0.385. The summed E-state index contributed by atoms with van der Waals surface area (Å²) in [7, 11) is 1.96. The van der Waals surface area contributed by atoms with Gasteiger partial charge in [0.2, 0.25) is 0 Å². The lowest BCUT2D eigenvalue weighted by Crippen LogP contribution is -2.27. The second-order valence-corrected chi connectivity index (χ2v) is 4.57. The van der Waals surface area contributed by atoms with Crippen molar-refractivity contribution in [3.8, 4) is 0 Å². The van der Waals surface area contributed by atoms with Crippen LogP contribution in [0.15, 0.2) is 30.9 Å². The highest BCUT2D eigenvalue weighted by molar-refractivity contribution is 6.35. The molecule has 0 bridgehead atoms. The van der Waals surface area contributed by atoms with Crippen LogP contribution in [0.3, 0.4) is 0 Å². The molecule has 1 rings (SSSR count). The lowest BCUT2D eigenvalue weighted by molar-refractivity contribution is 0.525. The quantitative estimate of drug-likeness (QED) is 0.758. The summed E-state index contributed by atoms with van der Waals surface area (Å²) in [5, 5.41) is 4.76. The third-order valence-corrected chi connectivity index (χ3v) is 3.35. The topological polar surface area (TPSA) is 12.0 Å². The summed E-state index contributed by atoms with van der Waals surface area (Å²) in [6.07, 6.45) is 4.82. The number of halogens is 2. The van der Waals surface area contributed by atoms with Gasteiger partial charge >= 0.3 is 0 Å². The van der Waals surface area contributed by atoms with Crippen molar-refractivity contribution in [3.05, 3.63) is 46.5 Å². The highest BCUT2D eigenvalue weighted by Crippen LogP contribution is 2.26. The molecule has 0 aliphatic rings. The lowest BCUT2D eigenvalue weighted by atomic mass is 10.0. The summed E-state index contributed by atoms with van der Waals surface area (Å²) in [5.41, 5.74) is 1.02. The maximum absolute atomic E-state index is 6.13. The van der Waals surface area contributed by atoms with Crippen molar-refractivity contribution in [1.29, 1.82) is 0 Å². The molecule has 0 heterocycles. The molecule has 0 fully saturated rings. The second kappa shape index (κ2) is 6.95. The number of allylic oxidation sites excluding steroid dienone is 1. The van der Waals surface area contributed by atoms with E-state index in [4.69, 9.17) is 23.2 Å². The number of hydrogen-bond acceptors (Lipinski definition) is 1. The molecule has 0 radical (unpaired) electrons. The monoisotopic (exact) mass is 257 g/mol. The fourth-order valence-corrected chi connectivity index (χ4v) is 2.19. The third-order valence-electron chi connectivity index (χ3n) is 2.64. The van der Waals surface area contributed by atoms with Gasteiger partial charge in [-0.05, 0) is 44.0 Å². The molecule has 1 nitrogen and oxygen atoms in total. The minimum absolute atomic E-state index is 0.385. The van der Waals surface area contributed by atoms with E-state index in [1.807, 2.05) is 31.3 Å². The van der Waals surface area contributed by atoms with E-state index in [1.165, 1.54) is 0 Å². The molecule has 1 atom stereocenters. The van der Waals surface area contributed by atoms with Crippen molar-refractivity contribution in [2.24, 2.45) is 0 Å². The highest BCUT2D eigenvalue weighted by atomic mass is 35.5. The molecule has 0 aromatic heterocycles. The zero-order valence-electron chi connectivity index (χ0n) is 9.47. The first-order valence-electron chi connectivity index (χ1n) is 5.40. The maximum Gasteiger partial charge on any atom is 0.0453 e. The fourth-order valence-electron chi connectivity index (χ4n) is 1.64. The van der Waals surface area contributed by atoms with Crippen molar-refractivity contribution in [2.75, 3.05) is 7.05 Å². The van der Waals surface area contributed by atoms with Gasteiger partial charge in [0.15, 0.2) is 0 Å². The molecule has 0 aliphatic carbocycles. The zero-order chi connectivity index (χ0) is 12.0. The van der Waals surface area contributed by atoms with Gasteiger partial charge < -0.3 is 5.32 Å². The molecule has 0 saturated heterocycles. The van der Waals surface area contributed by atoms with Crippen LogP contribution in [0.1, 0.15) is 18.4 Å². The average Bonchev–Trinajstić information content (AvgIpc) is 2.28. The molecule has 1 N–H and O–H groups in total. The van der Waals surface area contributed by atoms with Crippen LogP contribution in [0.5, 0.6) is 0 Å². The van der Waals surface area contributed by atoms with E-state index >= 15 is 0 Å². The van der Waals surface area contributed by atoms with E-state index in [1.54, 1.807) is 0 Å². The summed E-state index contributed by atoms with van der Waals surface area (Å²) < 4.78 is 0. The first kappa shape index (κ1) is 13.6. The third kappa shape index (κ3) is 3.82. The smallest absolute Gasteiger partial charge is 0.0453 e. The summed E-state index contributed by atoms with van der Waals surface area (Å²) in [5.74, 6) is 0. The largest absolute Gasteiger partial charge is 0.317 e. The Morgan fingerprint density at radius 3 is 2.50 bits per heavy atom. The lowest BCUT2D eigenvalue weighted by Gasteiger charge is -2.17. The van der Waals surface area contributed by atoms with Gasteiger partial charge in [-0.2, -0.15) is 0 Å². The van der Waals surface area contributed by atoms with Crippen molar-refractivity contribution in [1.82, 2.24) is 5.32 Å². The Morgan fingerprint density at radius 1 is 1.38 bits per heavy atom. The Morgan fingerprint density at radius 2 is 2.00 bits per heavy atom. The summed E-state index contributed by atoms with van der Waals surface area (Å²) >= 11 is 12.3. The predicted molar refractivity (Wildman–Crippen MR) is 72.4 cm³/mol. The molecule has 1 aromatic carbocycles. The van der Waals surface area contributed by atoms with Crippen LogP contribution in [-0.4, -0.2) is 13.1 Å². The predicted octanol–water partition coefficient (Wildman–Crippen LogP) is 4.09. The van der Waals surface area contributed by atoms with Gasteiger partial charge in [-0.1, -0.05) is 35.3 Å². The van der Waals surface area contributed by atoms with Crippen LogP contribution in [0.25, 0.3) is 0 Å². The van der Waals surface area contributed by atoms with Crippen molar-refractivity contribution < 1.29 is 0 Å². The van der Waals surface area contributed by atoms with Crippen LogP contribution < -0.4 is 5.32 Å². The van der Waals surface area contributed by atoms with Gasteiger partial charge in [0.05, 0.1) is 0 Å². The number of hydrogen-bond donors (Lipinski definition) is 1. The first-order valence-corrected chi connectivity index (χ1v) is 6.15. The molecule has 88 valence electrons. The molecular formula is C13H17Cl2N. The van der Waals surface area contributed by atoms with Crippen molar-refractivity contribution >= 4 is 23.2 Å². The Bertz CT molecular complexity index is 330. The highest BCUT2D eigenvalue weighted by Gasteiger charge is 2.11. The minimum Gasteiger partial charge on any atom is -0.317 e. The van der Waals surface area contributed by atoms with Crippen LogP contribution in [-0.2, 0) is 6.42 Å². The minimum atomic E-state index is 0.385. The molecule has 1 aromatic rings. The molecule has 0 aliphatic heterocycles.